The summed E-state index contributed by atoms with van der Waals surface area (Å²) in [6.45, 7) is 1.59. The van der Waals surface area contributed by atoms with Crippen LogP contribution >= 0.6 is 0 Å². The molecule has 0 aliphatic rings. The summed E-state index contributed by atoms with van der Waals surface area (Å²) in [5.74, 6) is -2.25. The standard InChI is InChI=1S/C23H27NO6/c1-15(23(28)29)13-18(24-21(25)11-12-22(26)27)14-16-7-9-17(10-8-16)19-5-3-4-6-20(19)30-2/h3-10,15,18H,11-14H2,1-2H3,(H,24,25)(H,26,27)(H,28,29)/t15?,18-/m0/s1. The minimum Gasteiger partial charge on any atom is -0.496 e. The molecule has 0 radical (unpaired) electrons. The Bertz CT molecular complexity index is 878. The molecule has 0 saturated carbocycles. The molecule has 2 atom stereocenters. The Morgan fingerprint density at radius 2 is 1.67 bits per heavy atom. The molecular formula is C23H27NO6. The van der Waals surface area contributed by atoms with Crippen LogP contribution in [-0.2, 0) is 20.8 Å². The molecule has 0 bridgehead atoms. The Morgan fingerprint density at radius 1 is 1.00 bits per heavy atom. The molecule has 1 unspecified atom stereocenters. The summed E-state index contributed by atoms with van der Waals surface area (Å²) in [5, 5.41) is 20.7. The number of carbonyl (C=O) groups is 3. The predicted octanol–water partition coefficient (Wildman–Crippen LogP) is 3.37. The van der Waals surface area contributed by atoms with Crippen molar-refractivity contribution in [2.75, 3.05) is 7.11 Å². The van der Waals surface area contributed by atoms with Gasteiger partial charge in [-0.25, -0.2) is 0 Å². The first-order valence-electron chi connectivity index (χ1n) is 9.76. The van der Waals surface area contributed by atoms with Gasteiger partial charge in [-0.2, -0.15) is 0 Å². The van der Waals surface area contributed by atoms with Crippen molar-refractivity contribution < 1.29 is 29.3 Å². The van der Waals surface area contributed by atoms with E-state index in [0.717, 1.165) is 22.4 Å². The number of amides is 1. The number of rotatable bonds is 11. The maximum atomic E-state index is 12.1. The number of aliphatic carboxylic acids is 2. The second-order valence-corrected chi connectivity index (χ2v) is 7.23. The molecule has 7 nitrogen and oxygen atoms in total. The highest BCUT2D eigenvalue weighted by Gasteiger charge is 2.21. The molecule has 0 aromatic heterocycles. The Balaban J connectivity index is 2.12. The molecule has 2 rings (SSSR count). The number of carboxylic acids is 2. The number of methoxy groups -OCH3 is 1. The molecule has 2 aromatic carbocycles. The van der Waals surface area contributed by atoms with Gasteiger partial charge in [0.15, 0.2) is 0 Å². The van der Waals surface area contributed by atoms with E-state index in [9.17, 15) is 19.5 Å². The summed E-state index contributed by atoms with van der Waals surface area (Å²) in [5.41, 5.74) is 2.89. The number of benzene rings is 2. The number of hydrogen-bond donors (Lipinski definition) is 3. The van der Waals surface area contributed by atoms with E-state index < -0.39 is 29.8 Å². The average Bonchev–Trinajstić information content (AvgIpc) is 2.72. The molecule has 0 aliphatic carbocycles. The van der Waals surface area contributed by atoms with Crippen LogP contribution in [0.1, 0.15) is 31.7 Å². The smallest absolute Gasteiger partial charge is 0.306 e. The highest BCUT2D eigenvalue weighted by molar-refractivity contribution is 5.81. The van der Waals surface area contributed by atoms with Gasteiger partial charge in [0, 0.05) is 18.0 Å². The lowest BCUT2D eigenvalue weighted by atomic mass is 9.94. The van der Waals surface area contributed by atoms with Crippen LogP contribution in [0, 0.1) is 5.92 Å². The third kappa shape index (κ3) is 6.92. The third-order valence-corrected chi connectivity index (χ3v) is 4.84. The summed E-state index contributed by atoms with van der Waals surface area (Å²) in [6.07, 6.45) is 0.297. The zero-order valence-electron chi connectivity index (χ0n) is 17.1. The number of para-hydroxylation sites is 1. The molecule has 1 amide bonds. The van der Waals surface area contributed by atoms with Gasteiger partial charge < -0.3 is 20.3 Å². The van der Waals surface area contributed by atoms with E-state index in [2.05, 4.69) is 5.32 Å². The van der Waals surface area contributed by atoms with Crippen molar-refractivity contribution in [3.05, 3.63) is 54.1 Å². The zero-order chi connectivity index (χ0) is 22.1. The minimum atomic E-state index is -1.05. The topological polar surface area (TPSA) is 113 Å². The van der Waals surface area contributed by atoms with Gasteiger partial charge in [-0.15, -0.1) is 0 Å². The van der Waals surface area contributed by atoms with Gasteiger partial charge >= 0.3 is 11.9 Å². The summed E-state index contributed by atoms with van der Waals surface area (Å²) in [6, 6.07) is 15.1. The summed E-state index contributed by atoms with van der Waals surface area (Å²) in [4.78, 5) is 34.0. The van der Waals surface area contributed by atoms with Crippen LogP contribution in [0.5, 0.6) is 5.75 Å². The van der Waals surface area contributed by atoms with E-state index in [4.69, 9.17) is 9.84 Å². The molecule has 0 saturated heterocycles. The number of nitrogens with one attached hydrogen (secondary N) is 1. The van der Waals surface area contributed by atoms with Crippen LogP contribution in [0.25, 0.3) is 11.1 Å². The number of carbonyl (C=O) groups excluding carboxylic acids is 1. The van der Waals surface area contributed by atoms with Gasteiger partial charge in [-0.1, -0.05) is 49.4 Å². The average molecular weight is 413 g/mol. The Morgan fingerprint density at radius 3 is 2.27 bits per heavy atom. The Hall–Kier alpha value is -3.35. The largest absolute Gasteiger partial charge is 0.496 e. The molecular weight excluding hydrogens is 386 g/mol. The Kier molecular flexibility index (Phi) is 8.41. The van der Waals surface area contributed by atoms with Crippen molar-refractivity contribution in [1.82, 2.24) is 5.32 Å². The van der Waals surface area contributed by atoms with Crippen LogP contribution < -0.4 is 10.1 Å². The van der Waals surface area contributed by atoms with Crippen molar-refractivity contribution in [2.45, 2.75) is 38.6 Å². The monoisotopic (exact) mass is 413 g/mol. The molecule has 0 aliphatic heterocycles. The lowest BCUT2D eigenvalue weighted by molar-refractivity contribution is -0.141. The molecule has 3 N–H and O–H groups in total. The van der Waals surface area contributed by atoms with Gasteiger partial charge in [-0.3, -0.25) is 14.4 Å². The maximum absolute atomic E-state index is 12.1. The summed E-state index contributed by atoms with van der Waals surface area (Å²) >= 11 is 0. The highest BCUT2D eigenvalue weighted by Crippen LogP contribution is 2.29. The second-order valence-electron chi connectivity index (χ2n) is 7.23. The molecule has 0 spiro atoms. The fourth-order valence-electron chi connectivity index (χ4n) is 3.23. The van der Waals surface area contributed by atoms with Gasteiger partial charge in [0.2, 0.25) is 5.91 Å². The van der Waals surface area contributed by atoms with Crippen molar-refractivity contribution >= 4 is 17.8 Å². The zero-order valence-corrected chi connectivity index (χ0v) is 17.1. The van der Waals surface area contributed by atoms with Crippen LogP contribution in [0.15, 0.2) is 48.5 Å². The lowest BCUT2D eigenvalue weighted by Crippen LogP contribution is -2.38. The van der Waals surface area contributed by atoms with E-state index >= 15 is 0 Å². The number of ether oxygens (including phenoxy) is 1. The van der Waals surface area contributed by atoms with Gasteiger partial charge in [0.05, 0.1) is 19.4 Å². The normalized spacial score (nSPS) is 12.6. The molecule has 160 valence electrons. The summed E-state index contributed by atoms with van der Waals surface area (Å²) < 4.78 is 5.40. The quantitative estimate of drug-likeness (QED) is 0.521. The molecule has 0 fully saturated rings. The highest BCUT2D eigenvalue weighted by atomic mass is 16.5. The molecule has 7 heteroatoms. The first-order chi connectivity index (χ1) is 14.3. The molecule has 0 heterocycles. The van der Waals surface area contributed by atoms with E-state index in [0.29, 0.717) is 6.42 Å². The third-order valence-electron chi connectivity index (χ3n) is 4.84. The van der Waals surface area contributed by atoms with E-state index in [1.807, 2.05) is 48.5 Å². The van der Waals surface area contributed by atoms with Gasteiger partial charge in [0.1, 0.15) is 5.75 Å². The van der Waals surface area contributed by atoms with E-state index in [-0.39, 0.29) is 19.3 Å². The molecule has 2 aromatic rings. The molecule has 30 heavy (non-hydrogen) atoms. The van der Waals surface area contributed by atoms with Crippen LogP contribution in [0.2, 0.25) is 0 Å². The predicted molar refractivity (Wildman–Crippen MR) is 112 cm³/mol. The lowest BCUT2D eigenvalue weighted by Gasteiger charge is -2.21. The second kappa shape index (κ2) is 11.0. The SMILES string of the molecule is COc1ccccc1-c1ccc(C[C@H](CC(C)C(=O)O)NC(=O)CCC(=O)O)cc1. The number of hydrogen-bond acceptors (Lipinski definition) is 4. The van der Waals surface area contributed by atoms with Crippen molar-refractivity contribution in [3.8, 4) is 16.9 Å². The maximum Gasteiger partial charge on any atom is 0.306 e. The first-order valence-corrected chi connectivity index (χ1v) is 9.76. The van der Waals surface area contributed by atoms with E-state index in [1.165, 1.54) is 0 Å². The first kappa shape index (κ1) is 22.9. The van der Waals surface area contributed by atoms with Gasteiger partial charge in [0.25, 0.3) is 0 Å². The van der Waals surface area contributed by atoms with Crippen LogP contribution in [-0.4, -0.2) is 41.2 Å². The van der Waals surface area contributed by atoms with Crippen LogP contribution in [0.4, 0.5) is 0 Å². The van der Waals surface area contributed by atoms with E-state index in [1.54, 1.807) is 14.0 Å². The van der Waals surface area contributed by atoms with Gasteiger partial charge in [-0.05, 0) is 30.0 Å². The Labute approximate surface area is 175 Å². The van der Waals surface area contributed by atoms with Crippen LogP contribution in [0.3, 0.4) is 0 Å². The fourth-order valence-corrected chi connectivity index (χ4v) is 3.23. The minimum absolute atomic E-state index is 0.139. The fraction of sp³-hybridized carbons (Fsp3) is 0.348. The van der Waals surface area contributed by atoms with Crippen molar-refractivity contribution in [3.63, 3.8) is 0 Å². The van der Waals surface area contributed by atoms with Crippen molar-refractivity contribution in [2.24, 2.45) is 5.92 Å². The summed E-state index contributed by atoms with van der Waals surface area (Å²) in [7, 11) is 1.62. The number of carboxylic acid groups (broad SMARTS) is 2. The van der Waals surface area contributed by atoms with Crippen molar-refractivity contribution in [1.29, 1.82) is 0 Å².